The van der Waals surface area contributed by atoms with Crippen molar-refractivity contribution in [1.29, 1.82) is 0 Å². The molecule has 0 spiro atoms. The lowest BCUT2D eigenvalue weighted by Gasteiger charge is -2.37. The second-order valence-electron chi connectivity index (χ2n) is 7.87. The van der Waals surface area contributed by atoms with Crippen LogP contribution in [-0.4, -0.2) is 35.8 Å². The third-order valence-corrected chi connectivity index (χ3v) is 6.09. The maximum Gasteiger partial charge on any atom is 0.190 e. The van der Waals surface area contributed by atoms with Crippen molar-refractivity contribution in [2.24, 2.45) is 0 Å². The highest BCUT2D eigenvalue weighted by atomic mass is 16.5. The summed E-state index contributed by atoms with van der Waals surface area (Å²) in [6, 6.07) is 15.8. The molecule has 4 rings (SSSR count). The number of benzene rings is 2. The molecule has 0 amide bonds. The average molecular weight is 409 g/mol. The van der Waals surface area contributed by atoms with Crippen LogP contribution in [0.2, 0.25) is 0 Å². The van der Waals surface area contributed by atoms with Gasteiger partial charge < -0.3 is 19.5 Å². The molecule has 5 heteroatoms. The summed E-state index contributed by atoms with van der Waals surface area (Å²) in [5, 5.41) is 12.2. The smallest absolute Gasteiger partial charge is 0.190 e. The van der Waals surface area contributed by atoms with Gasteiger partial charge in [-0.3, -0.25) is 4.90 Å². The minimum Gasteiger partial charge on any atom is -0.494 e. The molecule has 1 saturated heterocycles. The van der Waals surface area contributed by atoms with E-state index in [1.54, 1.807) is 0 Å². The quantitative estimate of drug-likeness (QED) is 0.739. The summed E-state index contributed by atoms with van der Waals surface area (Å²) in [6.45, 7) is 8.27. The number of rotatable bonds is 6. The maximum absolute atomic E-state index is 12.2. The second kappa shape index (κ2) is 8.60. The number of nitrogens with zero attached hydrogens (tertiary/aromatic N) is 2. The van der Waals surface area contributed by atoms with Crippen molar-refractivity contribution in [2.75, 3.05) is 24.7 Å². The van der Waals surface area contributed by atoms with Crippen LogP contribution in [0.4, 0.5) is 5.69 Å². The third kappa shape index (κ3) is 3.52. The summed E-state index contributed by atoms with van der Waals surface area (Å²) in [7, 11) is 0. The first-order chi connectivity index (χ1) is 14.6. The largest absolute Gasteiger partial charge is 0.494 e. The molecule has 0 bridgehead atoms. The van der Waals surface area contributed by atoms with E-state index < -0.39 is 5.72 Å². The van der Waals surface area contributed by atoms with E-state index in [1.165, 1.54) is 6.42 Å². The lowest BCUT2D eigenvalue weighted by Crippen LogP contribution is -2.48. The van der Waals surface area contributed by atoms with E-state index in [1.807, 2.05) is 62.4 Å². The first kappa shape index (κ1) is 20.6. The Kier molecular flexibility index (Phi) is 5.91. The molecule has 2 aliphatic rings. The number of fused-ring (bicyclic) bond motifs is 1. The summed E-state index contributed by atoms with van der Waals surface area (Å²) < 4.78 is 11.2. The highest BCUT2D eigenvalue weighted by Gasteiger charge is 2.53. The van der Waals surface area contributed by atoms with Crippen LogP contribution >= 0.6 is 0 Å². The van der Waals surface area contributed by atoms with Crippen LogP contribution in [0.15, 0.2) is 60.4 Å². The highest BCUT2D eigenvalue weighted by molar-refractivity contribution is 5.60. The Hall–Kier alpha value is -2.66. The lowest BCUT2D eigenvalue weighted by molar-refractivity contribution is 0.00793. The predicted molar refractivity (Wildman–Crippen MR) is 120 cm³/mol. The Labute approximate surface area is 179 Å². The lowest BCUT2D eigenvalue weighted by atomic mass is 9.94. The SMILES string of the molecule is CCOc1ccc(N2C3=CCCCCN3[C@H](C)[C@@]2(O)c2ccc(OCC)cc2)cc1. The van der Waals surface area contributed by atoms with Gasteiger partial charge in [-0.2, -0.15) is 0 Å². The van der Waals surface area contributed by atoms with Crippen molar-refractivity contribution >= 4 is 5.69 Å². The van der Waals surface area contributed by atoms with Crippen molar-refractivity contribution in [1.82, 2.24) is 4.90 Å². The molecule has 30 heavy (non-hydrogen) atoms. The van der Waals surface area contributed by atoms with Crippen LogP contribution in [0.25, 0.3) is 0 Å². The summed E-state index contributed by atoms with van der Waals surface area (Å²) in [4.78, 5) is 4.44. The number of hydrogen-bond acceptors (Lipinski definition) is 5. The van der Waals surface area contributed by atoms with Gasteiger partial charge in [0.25, 0.3) is 0 Å². The Morgan fingerprint density at radius 2 is 1.53 bits per heavy atom. The summed E-state index contributed by atoms with van der Waals surface area (Å²) in [5.74, 6) is 2.74. The molecule has 0 unspecified atom stereocenters. The van der Waals surface area contributed by atoms with E-state index in [9.17, 15) is 5.11 Å². The number of ether oxygens (including phenoxy) is 2. The molecule has 1 N–H and O–H groups in total. The zero-order valence-electron chi connectivity index (χ0n) is 18.2. The zero-order chi connectivity index (χ0) is 21.1. The molecule has 0 aliphatic carbocycles. The van der Waals surface area contributed by atoms with Crippen molar-refractivity contribution in [3.63, 3.8) is 0 Å². The molecule has 0 aromatic heterocycles. The van der Waals surface area contributed by atoms with Gasteiger partial charge in [-0.05, 0) is 82.5 Å². The third-order valence-electron chi connectivity index (χ3n) is 6.09. The van der Waals surface area contributed by atoms with E-state index in [0.29, 0.717) is 13.2 Å². The number of allylic oxidation sites excluding steroid dienone is 1. The number of hydrogen-bond donors (Lipinski definition) is 1. The van der Waals surface area contributed by atoms with Crippen molar-refractivity contribution in [3.05, 3.63) is 66.0 Å². The monoisotopic (exact) mass is 408 g/mol. The summed E-state index contributed by atoms with van der Waals surface area (Å²) in [6.07, 6.45) is 5.59. The fourth-order valence-corrected chi connectivity index (χ4v) is 4.60. The molecule has 2 aromatic rings. The molecule has 160 valence electrons. The van der Waals surface area contributed by atoms with Crippen LogP contribution in [0.5, 0.6) is 11.5 Å². The molecule has 2 aliphatic heterocycles. The fourth-order valence-electron chi connectivity index (χ4n) is 4.60. The first-order valence-corrected chi connectivity index (χ1v) is 11.0. The van der Waals surface area contributed by atoms with Crippen LogP contribution in [0, 0.1) is 0 Å². The molecule has 5 nitrogen and oxygen atoms in total. The Morgan fingerprint density at radius 3 is 2.13 bits per heavy atom. The van der Waals surface area contributed by atoms with Crippen molar-refractivity contribution in [2.45, 2.75) is 51.8 Å². The van der Waals surface area contributed by atoms with Gasteiger partial charge in [0.15, 0.2) is 5.72 Å². The van der Waals surface area contributed by atoms with Gasteiger partial charge in [0.05, 0.1) is 19.3 Å². The van der Waals surface area contributed by atoms with Crippen LogP contribution in [0.1, 0.15) is 45.6 Å². The van der Waals surface area contributed by atoms with E-state index in [4.69, 9.17) is 9.47 Å². The van der Waals surface area contributed by atoms with Gasteiger partial charge in [-0.15, -0.1) is 0 Å². The van der Waals surface area contributed by atoms with Crippen LogP contribution in [-0.2, 0) is 5.72 Å². The molecular weight excluding hydrogens is 376 g/mol. The van der Waals surface area contributed by atoms with Gasteiger partial charge >= 0.3 is 0 Å². The molecule has 1 fully saturated rings. The van der Waals surface area contributed by atoms with Gasteiger partial charge in [0, 0.05) is 17.8 Å². The van der Waals surface area contributed by atoms with E-state index in [2.05, 4.69) is 22.8 Å². The molecular formula is C25H32N2O3. The Balaban J connectivity index is 1.79. The Morgan fingerprint density at radius 1 is 0.933 bits per heavy atom. The maximum atomic E-state index is 12.2. The van der Waals surface area contributed by atoms with E-state index >= 15 is 0 Å². The molecule has 2 atom stereocenters. The number of aliphatic hydroxyl groups is 1. The summed E-state index contributed by atoms with van der Waals surface area (Å²) in [5.41, 5.74) is 0.639. The van der Waals surface area contributed by atoms with Crippen molar-refractivity contribution < 1.29 is 14.6 Å². The van der Waals surface area contributed by atoms with E-state index in [-0.39, 0.29) is 6.04 Å². The Bertz CT molecular complexity index is 878. The van der Waals surface area contributed by atoms with Crippen LogP contribution < -0.4 is 14.4 Å². The van der Waals surface area contributed by atoms with E-state index in [0.717, 1.165) is 48.0 Å². The molecule has 2 heterocycles. The predicted octanol–water partition coefficient (Wildman–Crippen LogP) is 4.87. The second-order valence-corrected chi connectivity index (χ2v) is 7.87. The van der Waals surface area contributed by atoms with Crippen LogP contribution in [0.3, 0.4) is 0 Å². The van der Waals surface area contributed by atoms with Gasteiger partial charge in [0.1, 0.15) is 17.3 Å². The van der Waals surface area contributed by atoms with Gasteiger partial charge in [-0.25, -0.2) is 0 Å². The minimum absolute atomic E-state index is 0.0913. The normalized spacial score (nSPS) is 23.6. The molecule has 0 radical (unpaired) electrons. The highest BCUT2D eigenvalue weighted by Crippen LogP contribution is 2.47. The minimum atomic E-state index is -1.18. The zero-order valence-corrected chi connectivity index (χ0v) is 18.2. The van der Waals surface area contributed by atoms with Gasteiger partial charge in [-0.1, -0.05) is 12.1 Å². The fraction of sp³-hybridized carbons (Fsp3) is 0.440. The first-order valence-electron chi connectivity index (χ1n) is 11.0. The standard InChI is InChI=1S/C25H32N2O3/c1-4-29-22-14-10-20(11-15-22)25(28)19(3)26-18-8-6-7-9-24(26)27(25)21-12-16-23(17-13-21)30-5-2/h9-17,19,28H,4-8,18H2,1-3H3/t19-,25-/m1/s1. The molecule has 2 aromatic carbocycles. The van der Waals surface area contributed by atoms with Crippen molar-refractivity contribution in [3.8, 4) is 11.5 Å². The topological polar surface area (TPSA) is 45.2 Å². The van der Waals surface area contributed by atoms with Gasteiger partial charge in [0.2, 0.25) is 0 Å². The summed E-state index contributed by atoms with van der Waals surface area (Å²) >= 11 is 0. The average Bonchev–Trinajstić information content (AvgIpc) is 2.91. The molecule has 0 saturated carbocycles. The number of anilines is 1.